The van der Waals surface area contributed by atoms with Crippen LogP contribution in [-0.4, -0.2) is 63.8 Å². The number of sulfonamides is 1. The third-order valence-corrected chi connectivity index (χ3v) is 10.2. The number of nitrogens with one attached hydrogen (secondary N) is 3. The lowest BCUT2D eigenvalue weighted by atomic mass is 10.0. The summed E-state index contributed by atoms with van der Waals surface area (Å²) in [6, 6.07) is 11.7. The number of nitrogens with zero attached hydrogens (tertiary/aromatic N) is 2. The van der Waals surface area contributed by atoms with Crippen LogP contribution in [0, 0.1) is 10.7 Å². The molecule has 0 aromatic heterocycles. The Bertz CT molecular complexity index is 1310. The summed E-state index contributed by atoms with van der Waals surface area (Å²) >= 11 is 0. The van der Waals surface area contributed by atoms with E-state index in [1.807, 2.05) is 6.07 Å². The van der Waals surface area contributed by atoms with Gasteiger partial charge in [0.25, 0.3) is 5.91 Å². The molecular formula is C27H41N5O4S2. The Hall–Kier alpha value is -2.63. The van der Waals surface area contributed by atoms with Gasteiger partial charge in [-0.25, -0.2) is 17.4 Å². The van der Waals surface area contributed by atoms with E-state index >= 15 is 0 Å². The zero-order valence-corrected chi connectivity index (χ0v) is 24.5. The molecule has 0 saturated carbocycles. The van der Waals surface area contributed by atoms with Gasteiger partial charge in [0.05, 0.1) is 27.2 Å². The van der Waals surface area contributed by atoms with Crippen LogP contribution in [0.25, 0.3) is 0 Å². The number of hydrogen-bond acceptors (Lipinski definition) is 7. The van der Waals surface area contributed by atoms with Crippen LogP contribution >= 0.6 is 0 Å². The van der Waals surface area contributed by atoms with Gasteiger partial charge >= 0.3 is 0 Å². The number of piperazine rings is 1. The topological polar surface area (TPSA) is 123 Å². The minimum Gasteiger partial charge on any atom is -0.369 e. The third-order valence-electron chi connectivity index (χ3n) is 7.11. The van der Waals surface area contributed by atoms with Crippen LogP contribution in [-0.2, 0) is 19.8 Å². The molecule has 2 aromatic rings. The molecule has 9 nitrogen and oxygen atoms in total. The first-order chi connectivity index (χ1) is 17.9. The van der Waals surface area contributed by atoms with Gasteiger partial charge in [0.2, 0.25) is 10.0 Å². The Morgan fingerprint density at radius 3 is 2.37 bits per heavy atom. The fourth-order valence-corrected chi connectivity index (χ4v) is 6.29. The fraction of sp³-hybridized carbons (Fsp3) is 0.519. The second kappa shape index (κ2) is 12.9. The van der Waals surface area contributed by atoms with Crippen molar-refractivity contribution in [3.8, 4) is 0 Å². The number of hydrogen-bond donors (Lipinski definition) is 3. The van der Waals surface area contributed by atoms with E-state index < -0.39 is 25.7 Å². The van der Waals surface area contributed by atoms with Gasteiger partial charge in [0.15, 0.2) is 0 Å². The van der Waals surface area contributed by atoms with Crippen LogP contribution in [0.4, 0.5) is 17.1 Å². The molecule has 3 rings (SSSR count). The standard InChI is InChI=1S/C27H41N5O4S2/c1-5-21(2)8-6-7-19-38(28,36)24-12-9-22(10-13-24)30-27(33)25-20-23(32-17-15-29-16-18-32)11-14-26(25)31(3)37(4,34)35/h9-14,20-21,28-29H,5-8,15-19H2,1-4H3,(H,30,33)/t21-,38+/m1/s1. The summed E-state index contributed by atoms with van der Waals surface area (Å²) in [5.74, 6) is 0.502. The second-order valence-corrected chi connectivity index (χ2v) is 14.3. The molecule has 1 aliphatic heterocycles. The summed E-state index contributed by atoms with van der Waals surface area (Å²) in [6.45, 7) is 7.59. The molecule has 1 aliphatic rings. The predicted molar refractivity (Wildman–Crippen MR) is 156 cm³/mol. The number of carbonyl (C=O) groups excluding carboxylic acids is 1. The second-order valence-electron chi connectivity index (χ2n) is 10.0. The summed E-state index contributed by atoms with van der Waals surface area (Å²) in [4.78, 5) is 16.0. The number of amides is 1. The van der Waals surface area contributed by atoms with Crippen molar-refractivity contribution in [3.05, 3.63) is 48.0 Å². The van der Waals surface area contributed by atoms with Gasteiger partial charge in [-0.1, -0.05) is 33.1 Å². The van der Waals surface area contributed by atoms with E-state index in [1.54, 1.807) is 36.4 Å². The van der Waals surface area contributed by atoms with E-state index in [1.165, 1.54) is 7.05 Å². The third kappa shape index (κ3) is 7.94. The van der Waals surface area contributed by atoms with Gasteiger partial charge in [0.1, 0.15) is 0 Å². The van der Waals surface area contributed by atoms with Crippen LogP contribution in [0.1, 0.15) is 49.9 Å². The van der Waals surface area contributed by atoms with E-state index in [-0.39, 0.29) is 11.3 Å². The summed E-state index contributed by atoms with van der Waals surface area (Å²) in [6.07, 6.45) is 4.99. The van der Waals surface area contributed by atoms with Crippen molar-refractivity contribution in [2.75, 3.05) is 59.8 Å². The van der Waals surface area contributed by atoms with E-state index in [2.05, 4.69) is 29.4 Å². The SMILES string of the molecule is CC[C@@H](C)CCCC[S@](=N)(=O)c1ccc(NC(=O)c2cc(N3CCNCC3)ccc2N(C)S(C)(=O)=O)cc1. The van der Waals surface area contributed by atoms with Crippen molar-refractivity contribution < 1.29 is 17.4 Å². The molecule has 1 heterocycles. The van der Waals surface area contributed by atoms with E-state index in [4.69, 9.17) is 4.78 Å². The van der Waals surface area contributed by atoms with Crippen molar-refractivity contribution in [2.45, 2.75) is 44.4 Å². The lowest BCUT2D eigenvalue weighted by molar-refractivity contribution is 0.102. The first-order valence-electron chi connectivity index (χ1n) is 13.1. The van der Waals surface area contributed by atoms with Gasteiger partial charge < -0.3 is 15.5 Å². The smallest absolute Gasteiger partial charge is 0.257 e. The Morgan fingerprint density at radius 2 is 1.76 bits per heavy atom. The first kappa shape index (κ1) is 29.9. The number of anilines is 3. The number of unbranched alkanes of at least 4 members (excludes halogenated alkanes) is 1. The molecule has 2 atom stereocenters. The van der Waals surface area contributed by atoms with Crippen molar-refractivity contribution >= 4 is 42.7 Å². The van der Waals surface area contributed by atoms with Gasteiger partial charge in [-0.15, -0.1) is 0 Å². The molecule has 0 aliphatic carbocycles. The lowest BCUT2D eigenvalue weighted by Crippen LogP contribution is -2.43. The number of rotatable bonds is 12. The van der Waals surface area contributed by atoms with Crippen LogP contribution < -0.4 is 19.8 Å². The average Bonchev–Trinajstić information content (AvgIpc) is 2.90. The van der Waals surface area contributed by atoms with Gasteiger partial charge in [-0.05, 0) is 54.8 Å². The predicted octanol–water partition coefficient (Wildman–Crippen LogP) is 4.37. The Balaban J connectivity index is 1.77. The van der Waals surface area contributed by atoms with E-state index in [9.17, 15) is 17.4 Å². The quantitative estimate of drug-likeness (QED) is 0.330. The maximum atomic E-state index is 13.4. The summed E-state index contributed by atoms with van der Waals surface area (Å²) in [5.41, 5.74) is 1.85. The molecule has 0 unspecified atom stereocenters. The normalized spacial score (nSPS) is 16.5. The Morgan fingerprint density at radius 1 is 1.11 bits per heavy atom. The minimum absolute atomic E-state index is 0.239. The molecule has 1 saturated heterocycles. The monoisotopic (exact) mass is 563 g/mol. The van der Waals surface area contributed by atoms with Crippen LogP contribution in [0.5, 0.6) is 0 Å². The van der Waals surface area contributed by atoms with Crippen LogP contribution in [0.2, 0.25) is 0 Å². The van der Waals surface area contributed by atoms with Crippen molar-refractivity contribution in [3.63, 3.8) is 0 Å². The van der Waals surface area contributed by atoms with E-state index in [0.29, 0.717) is 22.3 Å². The maximum absolute atomic E-state index is 13.4. The van der Waals surface area contributed by atoms with Gasteiger partial charge in [-0.2, -0.15) is 0 Å². The maximum Gasteiger partial charge on any atom is 0.257 e. The highest BCUT2D eigenvalue weighted by Crippen LogP contribution is 2.29. The zero-order valence-electron chi connectivity index (χ0n) is 22.8. The molecular weight excluding hydrogens is 522 g/mol. The highest BCUT2D eigenvalue weighted by molar-refractivity contribution is 7.92. The highest BCUT2D eigenvalue weighted by Gasteiger charge is 2.22. The lowest BCUT2D eigenvalue weighted by Gasteiger charge is -2.30. The van der Waals surface area contributed by atoms with Crippen LogP contribution in [0.3, 0.4) is 0 Å². The Kier molecular flexibility index (Phi) is 10.2. The highest BCUT2D eigenvalue weighted by atomic mass is 32.2. The summed E-state index contributed by atoms with van der Waals surface area (Å²) in [5, 5.41) is 6.14. The van der Waals surface area contributed by atoms with Crippen molar-refractivity contribution in [1.29, 1.82) is 4.78 Å². The molecule has 38 heavy (non-hydrogen) atoms. The van der Waals surface area contributed by atoms with Crippen molar-refractivity contribution in [2.24, 2.45) is 5.92 Å². The first-order valence-corrected chi connectivity index (χ1v) is 16.7. The van der Waals surface area contributed by atoms with Crippen LogP contribution in [0.15, 0.2) is 47.4 Å². The fourth-order valence-electron chi connectivity index (χ4n) is 4.36. The number of carbonyl (C=O) groups is 1. The molecule has 0 bridgehead atoms. The molecule has 1 amide bonds. The van der Waals surface area contributed by atoms with Gasteiger partial charge in [0, 0.05) is 55.2 Å². The summed E-state index contributed by atoms with van der Waals surface area (Å²) in [7, 11) is -5.07. The number of benzene rings is 2. The summed E-state index contributed by atoms with van der Waals surface area (Å²) < 4.78 is 46.9. The largest absolute Gasteiger partial charge is 0.369 e. The van der Waals surface area contributed by atoms with Gasteiger partial charge in [-0.3, -0.25) is 9.10 Å². The molecule has 0 radical (unpaired) electrons. The van der Waals surface area contributed by atoms with E-state index in [0.717, 1.165) is 68.1 Å². The van der Waals surface area contributed by atoms with Crippen molar-refractivity contribution in [1.82, 2.24) is 5.32 Å². The molecule has 210 valence electrons. The molecule has 2 aromatic carbocycles. The molecule has 3 N–H and O–H groups in total. The molecule has 11 heteroatoms. The molecule has 1 fully saturated rings. The minimum atomic E-state index is -3.58. The molecule has 0 spiro atoms. The zero-order chi connectivity index (χ0) is 27.9. The Labute approximate surface area is 228 Å². The average molecular weight is 564 g/mol.